The molecule has 4 rings (SSSR count). The van der Waals surface area contributed by atoms with Gasteiger partial charge in [0.05, 0.1) is 11.2 Å². The second kappa shape index (κ2) is 7.35. The Labute approximate surface area is 161 Å². The van der Waals surface area contributed by atoms with Crippen LogP contribution in [-0.2, 0) is 10.3 Å². The van der Waals surface area contributed by atoms with Crippen LogP contribution in [0.1, 0.15) is 48.0 Å². The molecular weight excluding hydrogens is 363 g/mol. The molecule has 1 aliphatic carbocycles. The standard InChI is InChI=1S/C21H21FN2O2S/c22-16-6-4-15(5-7-16)21(10-1-2-11-21)24-20(26)14-3-8-18-17(13-14)23-19(25)9-12-27-18/h3-8,13H,1-2,9-12H2,(H,23,25)(H,24,26). The van der Waals surface area contributed by atoms with E-state index < -0.39 is 5.54 Å². The average molecular weight is 384 g/mol. The van der Waals surface area contributed by atoms with E-state index in [0.29, 0.717) is 17.7 Å². The van der Waals surface area contributed by atoms with Crippen LogP contribution in [-0.4, -0.2) is 17.6 Å². The quantitative estimate of drug-likeness (QED) is 0.821. The third-order valence-electron chi connectivity index (χ3n) is 5.31. The highest BCUT2D eigenvalue weighted by Gasteiger charge is 2.37. The predicted octanol–water partition coefficient (Wildman–Crippen LogP) is 4.46. The fourth-order valence-electron chi connectivity index (χ4n) is 3.88. The Kier molecular flexibility index (Phi) is 4.91. The summed E-state index contributed by atoms with van der Waals surface area (Å²) in [6.07, 6.45) is 4.18. The maximum absolute atomic E-state index is 13.3. The molecule has 140 valence electrons. The zero-order chi connectivity index (χ0) is 18.9. The Morgan fingerprint density at radius 1 is 1.11 bits per heavy atom. The number of hydrogen-bond acceptors (Lipinski definition) is 3. The molecule has 4 nitrogen and oxygen atoms in total. The number of thioether (sulfide) groups is 1. The minimum Gasteiger partial charge on any atom is -0.343 e. The number of benzene rings is 2. The van der Waals surface area contributed by atoms with Crippen LogP contribution in [0, 0.1) is 5.82 Å². The summed E-state index contributed by atoms with van der Waals surface area (Å²) < 4.78 is 13.3. The van der Waals surface area contributed by atoms with Crippen molar-refractivity contribution < 1.29 is 14.0 Å². The minimum absolute atomic E-state index is 0.0302. The van der Waals surface area contributed by atoms with Crippen molar-refractivity contribution in [2.24, 2.45) is 0 Å². The summed E-state index contributed by atoms with van der Waals surface area (Å²) in [7, 11) is 0. The second-order valence-corrected chi connectivity index (χ2v) is 8.24. The zero-order valence-electron chi connectivity index (χ0n) is 14.9. The lowest BCUT2D eigenvalue weighted by Gasteiger charge is -2.31. The first-order valence-electron chi connectivity index (χ1n) is 9.21. The average Bonchev–Trinajstić information content (AvgIpc) is 3.04. The molecule has 1 heterocycles. The van der Waals surface area contributed by atoms with Gasteiger partial charge < -0.3 is 10.6 Å². The maximum atomic E-state index is 13.3. The lowest BCUT2D eigenvalue weighted by Crippen LogP contribution is -2.43. The first-order chi connectivity index (χ1) is 13.1. The van der Waals surface area contributed by atoms with E-state index in [2.05, 4.69) is 10.6 Å². The number of anilines is 1. The van der Waals surface area contributed by atoms with Crippen molar-refractivity contribution in [3.63, 3.8) is 0 Å². The zero-order valence-corrected chi connectivity index (χ0v) is 15.7. The molecule has 1 fully saturated rings. The summed E-state index contributed by atoms with van der Waals surface area (Å²) >= 11 is 1.61. The van der Waals surface area contributed by atoms with Crippen LogP contribution in [0.15, 0.2) is 47.4 Å². The third-order valence-corrected chi connectivity index (χ3v) is 6.38. The van der Waals surface area contributed by atoms with E-state index in [0.717, 1.165) is 41.9 Å². The highest BCUT2D eigenvalue weighted by Crippen LogP contribution is 2.39. The number of halogens is 1. The summed E-state index contributed by atoms with van der Waals surface area (Å²) in [6, 6.07) is 11.8. The molecular formula is C21H21FN2O2S. The van der Waals surface area contributed by atoms with Crippen LogP contribution in [0.3, 0.4) is 0 Å². The van der Waals surface area contributed by atoms with Crippen molar-refractivity contribution in [1.82, 2.24) is 5.32 Å². The van der Waals surface area contributed by atoms with E-state index in [1.54, 1.807) is 36.0 Å². The number of amides is 2. The topological polar surface area (TPSA) is 58.2 Å². The molecule has 0 unspecified atom stereocenters. The van der Waals surface area contributed by atoms with Crippen molar-refractivity contribution >= 4 is 29.3 Å². The molecule has 0 atom stereocenters. The van der Waals surface area contributed by atoms with Crippen LogP contribution in [0.5, 0.6) is 0 Å². The summed E-state index contributed by atoms with van der Waals surface area (Å²) in [4.78, 5) is 25.8. The largest absolute Gasteiger partial charge is 0.343 e. The van der Waals surface area contributed by atoms with Crippen LogP contribution >= 0.6 is 11.8 Å². The van der Waals surface area contributed by atoms with E-state index in [1.807, 2.05) is 6.07 Å². The second-order valence-electron chi connectivity index (χ2n) is 7.11. The molecule has 2 aromatic rings. The highest BCUT2D eigenvalue weighted by atomic mass is 32.2. The number of fused-ring (bicyclic) bond motifs is 1. The number of nitrogens with one attached hydrogen (secondary N) is 2. The molecule has 0 radical (unpaired) electrons. The summed E-state index contributed by atoms with van der Waals surface area (Å²) in [6.45, 7) is 0. The van der Waals surface area contributed by atoms with Crippen LogP contribution in [0.2, 0.25) is 0 Å². The van der Waals surface area contributed by atoms with E-state index in [9.17, 15) is 14.0 Å². The number of hydrogen-bond donors (Lipinski definition) is 2. The van der Waals surface area contributed by atoms with Gasteiger partial charge in [0.1, 0.15) is 5.82 Å². The van der Waals surface area contributed by atoms with Crippen molar-refractivity contribution in [3.8, 4) is 0 Å². The van der Waals surface area contributed by atoms with Crippen LogP contribution in [0.4, 0.5) is 10.1 Å². The molecule has 1 aliphatic heterocycles. The molecule has 0 aromatic heterocycles. The summed E-state index contributed by atoms with van der Waals surface area (Å²) in [5.74, 6) is 0.250. The number of carbonyl (C=O) groups is 2. The Morgan fingerprint density at radius 3 is 2.59 bits per heavy atom. The van der Waals surface area contributed by atoms with E-state index in [-0.39, 0.29) is 17.6 Å². The Hall–Kier alpha value is -2.34. The predicted molar refractivity (Wildman–Crippen MR) is 104 cm³/mol. The van der Waals surface area contributed by atoms with Gasteiger partial charge in [0.2, 0.25) is 5.91 Å². The monoisotopic (exact) mass is 384 g/mol. The van der Waals surface area contributed by atoms with E-state index in [4.69, 9.17) is 0 Å². The Bertz CT molecular complexity index is 876. The molecule has 2 amide bonds. The molecule has 27 heavy (non-hydrogen) atoms. The lowest BCUT2D eigenvalue weighted by atomic mass is 9.87. The van der Waals surface area contributed by atoms with Gasteiger partial charge in [-0.3, -0.25) is 9.59 Å². The van der Waals surface area contributed by atoms with E-state index in [1.165, 1.54) is 12.1 Å². The Balaban J connectivity index is 1.60. The number of rotatable bonds is 3. The summed E-state index contributed by atoms with van der Waals surface area (Å²) in [5, 5.41) is 6.07. The van der Waals surface area contributed by atoms with Gasteiger partial charge in [-0.2, -0.15) is 0 Å². The normalized spacial score (nSPS) is 18.3. The molecule has 2 N–H and O–H groups in total. The van der Waals surface area contributed by atoms with Gasteiger partial charge >= 0.3 is 0 Å². The molecule has 6 heteroatoms. The van der Waals surface area contributed by atoms with Gasteiger partial charge in [0, 0.05) is 22.6 Å². The Morgan fingerprint density at radius 2 is 1.85 bits per heavy atom. The first kappa shape index (κ1) is 18.0. The highest BCUT2D eigenvalue weighted by molar-refractivity contribution is 7.99. The van der Waals surface area contributed by atoms with Crippen LogP contribution < -0.4 is 10.6 Å². The lowest BCUT2D eigenvalue weighted by molar-refractivity contribution is -0.115. The third kappa shape index (κ3) is 3.72. The van der Waals surface area contributed by atoms with E-state index >= 15 is 0 Å². The molecule has 0 saturated heterocycles. The first-order valence-corrected chi connectivity index (χ1v) is 10.2. The van der Waals surface area contributed by atoms with Gasteiger partial charge in [-0.15, -0.1) is 11.8 Å². The molecule has 2 aromatic carbocycles. The van der Waals surface area contributed by atoms with Gasteiger partial charge in [-0.1, -0.05) is 25.0 Å². The fraction of sp³-hybridized carbons (Fsp3) is 0.333. The molecule has 1 saturated carbocycles. The smallest absolute Gasteiger partial charge is 0.252 e. The minimum atomic E-state index is -0.463. The maximum Gasteiger partial charge on any atom is 0.252 e. The van der Waals surface area contributed by atoms with Gasteiger partial charge in [-0.05, 0) is 48.7 Å². The van der Waals surface area contributed by atoms with Gasteiger partial charge in [0.25, 0.3) is 5.91 Å². The molecule has 0 bridgehead atoms. The SMILES string of the molecule is O=C1CCSc2ccc(C(=O)NC3(c4ccc(F)cc4)CCCC3)cc2N1. The van der Waals surface area contributed by atoms with Gasteiger partial charge in [-0.25, -0.2) is 4.39 Å². The van der Waals surface area contributed by atoms with Crippen molar-refractivity contribution in [3.05, 3.63) is 59.4 Å². The van der Waals surface area contributed by atoms with Gasteiger partial charge in [0.15, 0.2) is 0 Å². The fourth-order valence-corrected chi connectivity index (χ4v) is 4.82. The summed E-state index contributed by atoms with van der Waals surface area (Å²) in [5.41, 5.74) is 1.69. The molecule has 2 aliphatic rings. The van der Waals surface area contributed by atoms with Crippen molar-refractivity contribution in [1.29, 1.82) is 0 Å². The van der Waals surface area contributed by atoms with Crippen molar-refractivity contribution in [2.75, 3.05) is 11.1 Å². The molecule has 0 spiro atoms. The van der Waals surface area contributed by atoms with Crippen molar-refractivity contribution in [2.45, 2.75) is 42.5 Å². The number of carbonyl (C=O) groups excluding carboxylic acids is 2. The van der Waals surface area contributed by atoms with Crippen LogP contribution in [0.25, 0.3) is 0 Å².